The number of hydrogen-bond acceptors (Lipinski definition) is 9. The smallest absolute Gasteiger partial charge is 0.327 e. The van der Waals surface area contributed by atoms with Crippen LogP contribution in [0.15, 0.2) is 0 Å². The van der Waals surface area contributed by atoms with Crippen molar-refractivity contribution in [3.05, 3.63) is 0 Å². The zero-order valence-electron chi connectivity index (χ0n) is 11.5. The molecule has 11 heteroatoms. The number of ether oxygens (including phenoxy) is 2. The predicted octanol–water partition coefficient (Wildman–Crippen LogP) is -3.04. The van der Waals surface area contributed by atoms with Crippen LogP contribution in [0.1, 0.15) is 0 Å². The minimum absolute atomic E-state index is 0.172. The van der Waals surface area contributed by atoms with Crippen LogP contribution in [0.25, 0.3) is 0 Å². The van der Waals surface area contributed by atoms with Gasteiger partial charge in [0, 0.05) is 13.2 Å². The van der Waals surface area contributed by atoms with E-state index in [2.05, 4.69) is 4.52 Å². The van der Waals surface area contributed by atoms with E-state index in [1.807, 2.05) is 0 Å². The molecule has 126 valence electrons. The molecular formula is C10H22NO9P. The van der Waals surface area contributed by atoms with Crippen molar-refractivity contribution in [2.45, 2.75) is 36.8 Å². The first-order chi connectivity index (χ1) is 9.67. The molecule has 0 bridgehead atoms. The Bertz CT molecular complexity index is 364. The molecule has 0 amide bonds. The van der Waals surface area contributed by atoms with Crippen LogP contribution in [0.2, 0.25) is 0 Å². The number of hydrogen-bond donors (Lipinski definition) is 6. The molecule has 0 aromatic heterocycles. The molecule has 0 radical (unpaired) electrons. The lowest BCUT2D eigenvalue weighted by Gasteiger charge is -2.41. The Labute approximate surface area is 121 Å². The fourth-order valence-electron chi connectivity index (χ4n) is 1.85. The van der Waals surface area contributed by atoms with Gasteiger partial charge in [-0.1, -0.05) is 0 Å². The molecular weight excluding hydrogens is 309 g/mol. The van der Waals surface area contributed by atoms with Crippen LogP contribution in [0.4, 0.5) is 0 Å². The molecule has 0 spiro atoms. The highest BCUT2D eigenvalue weighted by Gasteiger charge is 2.48. The quantitative estimate of drug-likeness (QED) is 0.208. The first-order valence-electron chi connectivity index (χ1n) is 6.31. The van der Waals surface area contributed by atoms with Gasteiger partial charge in [-0.3, -0.25) is 9.09 Å². The summed E-state index contributed by atoms with van der Waals surface area (Å²) in [6.45, 7) is 1.04. The normalized spacial score (nSPS) is 38.0. The summed E-state index contributed by atoms with van der Waals surface area (Å²) in [5.41, 5.74) is 5.21. The lowest BCUT2D eigenvalue weighted by molar-refractivity contribution is -0.292. The summed E-state index contributed by atoms with van der Waals surface area (Å²) < 4.78 is 25.9. The van der Waals surface area contributed by atoms with Gasteiger partial charge in [0.05, 0.1) is 13.2 Å². The Morgan fingerprint density at radius 3 is 2.43 bits per heavy atom. The van der Waals surface area contributed by atoms with E-state index < -0.39 is 44.4 Å². The molecule has 3 unspecified atom stereocenters. The highest BCUT2D eigenvalue weighted by molar-refractivity contribution is 7.51. The Hall–Kier alpha value is -0.130. The molecule has 1 aliphatic heterocycles. The van der Waals surface area contributed by atoms with Crippen molar-refractivity contribution < 1.29 is 43.9 Å². The molecule has 7 atom stereocenters. The minimum Gasteiger partial charge on any atom is -0.388 e. The molecule has 1 saturated heterocycles. The highest BCUT2D eigenvalue weighted by atomic mass is 31.2. The summed E-state index contributed by atoms with van der Waals surface area (Å²) in [6.07, 6.45) is -9.46. The number of aliphatic hydroxyl groups excluding tert-OH is 4. The molecule has 1 fully saturated rings. The van der Waals surface area contributed by atoms with Crippen molar-refractivity contribution in [2.75, 3.05) is 26.4 Å². The summed E-state index contributed by atoms with van der Waals surface area (Å²) in [6, 6.07) is 0. The second-order valence-corrected chi connectivity index (χ2v) is 6.60. The summed E-state index contributed by atoms with van der Waals surface area (Å²) in [4.78, 5) is 9.14. The van der Waals surface area contributed by atoms with E-state index in [0.717, 1.165) is 6.66 Å². The van der Waals surface area contributed by atoms with Crippen LogP contribution in [-0.4, -0.2) is 88.6 Å². The average molecular weight is 331 g/mol. The van der Waals surface area contributed by atoms with E-state index in [1.54, 1.807) is 0 Å². The van der Waals surface area contributed by atoms with Crippen molar-refractivity contribution in [2.24, 2.45) is 5.73 Å². The lowest BCUT2D eigenvalue weighted by Crippen LogP contribution is -2.61. The van der Waals surface area contributed by atoms with Crippen LogP contribution < -0.4 is 5.73 Å². The molecule has 0 aliphatic carbocycles. The molecule has 0 saturated carbocycles. The van der Waals surface area contributed by atoms with Crippen molar-refractivity contribution >= 4 is 7.60 Å². The molecule has 1 aliphatic rings. The van der Waals surface area contributed by atoms with Crippen molar-refractivity contribution in [1.29, 1.82) is 0 Å². The first kappa shape index (κ1) is 18.9. The third-order valence-corrected chi connectivity index (χ3v) is 3.43. The largest absolute Gasteiger partial charge is 0.388 e. The van der Waals surface area contributed by atoms with Crippen molar-refractivity contribution in [1.82, 2.24) is 0 Å². The second-order valence-electron chi connectivity index (χ2n) is 4.78. The molecule has 0 aromatic carbocycles. The van der Waals surface area contributed by atoms with Gasteiger partial charge in [-0.2, -0.15) is 0 Å². The fraction of sp³-hybridized carbons (Fsp3) is 1.00. The average Bonchev–Trinajstić information content (AvgIpc) is 2.38. The summed E-state index contributed by atoms with van der Waals surface area (Å²) in [5, 5.41) is 39.0. The van der Waals surface area contributed by atoms with Crippen molar-refractivity contribution in [3.8, 4) is 0 Å². The van der Waals surface area contributed by atoms with Gasteiger partial charge >= 0.3 is 7.60 Å². The van der Waals surface area contributed by atoms with Gasteiger partial charge in [0.2, 0.25) is 0 Å². The number of aliphatic hydroxyl groups is 4. The summed E-state index contributed by atoms with van der Waals surface area (Å²) >= 11 is 0. The van der Waals surface area contributed by atoms with Crippen LogP contribution in [-0.2, 0) is 18.6 Å². The van der Waals surface area contributed by atoms with Gasteiger partial charge in [0.1, 0.15) is 30.5 Å². The maximum absolute atomic E-state index is 11.2. The van der Waals surface area contributed by atoms with E-state index in [0.29, 0.717) is 0 Å². The maximum atomic E-state index is 11.2. The van der Waals surface area contributed by atoms with Gasteiger partial charge < -0.3 is 40.5 Å². The van der Waals surface area contributed by atoms with E-state index >= 15 is 0 Å². The molecule has 7 N–H and O–H groups in total. The van der Waals surface area contributed by atoms with E-state index in [1.165, 1.54) is 0 Å². The highest BCUT2D eigenvalue weighted by Crippen LogP contribution is 2.41. The topological polar surface area (TPSA) is 172 Å². The van der Waals surface area contributed by atoms with E-state index in [4.69, 9.17) is 20.1 Å². The second kappa shape index (κ2) is 7.93. The van der Waals surface area contributed by atoms with Gasteiger partial charge in [0.25, 0.3) is 0 Å². The number of nitrogens with two attached hydrogens (primary N) is 1. The third kappa shape index (κ3) is 5.53. The molecule has 1 heterocycles. The van der Waals surface area contributed by atoms with Crippen LogP contribution in [0, 0.1) is 0 Å². The Balaban J connectivity index is 2.72. The number of rotatable bonds is 7. The fourth-order valence-corrected chi connectivity index (χ4v) is 2.41. The lowest BCUT2D eigenvalue weighted by atomic mass is 9.96. The van der Waals surface area contributed by atoms with Gasteiger partial charge in [-0.15, -0.1) is 0 Å². The first-order valence-corrected chi connectivity index (χ1v) is 8.34. The standard InChI is InChI=1S/C10H22NO9P/c1-21(16,17)20-10-8(15)6(13)7(14)9(19-10)5(12)4-18-3-2-11/h5-10,12-15H,2-4,11H2,1H3,(H,16,17)/t5-,6+,7+,8?,9?,10+/m1/s1. The third-order valence-electron chi connectivity index (χ3n) is 2.84. The van der Waals surface area contributed by atoms with E-state index in [9.17, 15) is 25.0 Å². The Morgan fingerprint density at radius 1 is 1.29 bits per heavy atom. The summed E-state index contributed by atoms with van der Waals surface area (Å²) in [7, 11) is -4.01. The summed E-state index contributed by atoms with van der Waals surface area (Å²) in [5.74, 6) is 0. The van der Waals surface area contributed by atoms with E-state index in [-0.39, 0.29) is 19.8 Å². The molecule has 21 heavy (non-hydrogen) atoms. The zero-order valence-corrected chi connectivity index (χ0v) is 12.4. The minimum atomic E-state index is -4.01. The Morgan fingerprint density at radius 2 is 1.90 bits per heavy atom. The SMILES string of the molecule is CP(=O)(O)O[C@@H]1OC([C@H](O)COCCN)[C@@H](O)[C@H](O)C1O. The Kier molecular flexibility index (Phi) is 7.14. The van der Waals surface area contributed by atoms with Crippen LogP contribution in [0.3, 0.4) is 0 Å². The van der Waals surface area contributed by atoms with Gasteiger partial charge in [0.15, 0.2) is 6.29 Å². The monoisotopic (exact) mass is 331 g/mol. The van der Waals surface area contributed by atoms with Gasteiger partial charge in [-0.05, 0) is 0 Å². The predicted molar refractivity (Wildman–Crippen MR) is 69.4 cm³/mol. The molecule has 1 rings (SSSR count). The molecule has 0 aromatic rings. The van der Waals surface area contributed by atoms with Crippen LogP contribution in [0.5, 0.6) is 0 Å². The molecule has 10 nitrogen and oxygen atoms in total. The maximum Gasteiger partial charge on any atom is 0.327 e. The zero-order chi connectivity index (χ0) is 16.2. The van der Waals surface area contributed by atoms with Crippen LogP contribution >= 0.6 is 7.60 Å². The van der Waals surface area contributed by atoms with Gasteiger partial charge in [-0.25, -0.2) is 0 Å². The van der Waals surface area contributed by atoms with Crippen molar-refractivity contribution in [3.63, 3.8) is 0 Å².